The minimum absolute atomic E-state index is 0.000883. The summed E-state index contributed by atoms with van der Waals surface area (Å²) in [7, 11) is -3.95. The monoisotopic (exact) mass is 328 g/mol. The van der Waals surface area contributed by atoms with Gasteiger partial charge in [-0.1, -0.05) is 11.6 Å². The first-order valence-corrected chi connectivity index (χ1v) is 7.41. The van der Waals surface area contributed by atoms with Gasteiger partial charge in [0.05, 0.1) is 5.69 Å². The fraction of sp³-hybridized carbons (Fsp3) is 0.0909. The largest absolute Gasteiger partial charge is 0.363 e. The molecule has 110 valence electrons. The Morgan fingerprint density at radius 2 is 2.00 bits per heavy atom. The van der Waals surface area contributed by atoms with E-state index in [4.69, 9.17) is 11.6 Å². The summed E-state index contributed by atoms with van der Waals surface area (Å²) in [5.41, 5.74) is 0.842. The molecular weight excluding hydrogens is 320 g/mol. The Kier molecular flexibility index (Phi) is 4.05. The van der Waals surface area contributed by atoms with Crippen LogP contribution in [0.2, 0.25) is 5.15 Å². The van der Waals surface area contributed by atoms with Crippen molar-refractivity contribution in [2.24, 2.45) is 0 Å². The maximum Gasteiger partial charge on any atom is 0.363 e. The molecule has 2 aromatic rings. The smallest absolute Gasteiger partial charge is 0.358 e. The first-order valence-electron chi connectivity index (χ1n) is 5.55. The molecule has 0 radical (unpaired) electrons. The van der Waals surface area contributed by atoms with E-state index in [2.05, 4.69) is 14.7 Å². The predicted molar refractivity (Wildman–Crippen MR) is 75.7 cm³/mol. The molecule has 2 rings (SSSR count). The van der Waals surface area contributed by atoms with E-state index in [-0.39, 0.29) is 15.7 Å². The molecule has 0 amide bonds. The molecular formula is C11H9ClN4O4S. The molecule has 0 aromatic carbocycles. The number of hydrogen-bond acceptors (Lipinski definition) is 6. The van der Waals surface area contributed by atoms with E-state index in [1.807, 2.05) is 0 Å². The van der Waals surface area contributed by atoms with Crippen molar-refractivity contribution in [3.63, 3.8) is 0 Å². The average molecular weight is 329 g/mol. The second kappa shape index (κ2) is 5.62. The fourth-order valence-electron chi connectivity index (χ4n) is 1.47. The molecule has 0 aliphatic carbocycles. The molecule has 0 aliphatic rings. The third-order valence-corrected chi connectivity index (χ3v) is 4.09. The number of pyridine rings is 2. The lowest BCUT2D eigenvalue weighted by Crippen LogP contribution is -2.14. The lowest BCUT2D eigenvalue weighted by Gasteiger charge is -2.08. The van der Waals surface area contributed by atoms with Gasteiger partial charge in [-0.05, 0) is 34.5 Å². The van der Waals surface area contributed by atoms with Crippen molar-refractivity contribution in [3.8, 4) is 0 Å². The van der Waals surface area contributed by atoms with Gasteiger partial charge in [-0.3, -0.25) is 4.72 Å². The summed E-state index contributed by atoms with van der Waals surface area (Å²) < 4.78 is 26.5. The van der Waals surface area contributed by atoms with Gasteiger partial charge in [-0.25, -0.2) is 13.4 Å². The highest BCUT2D eigenvalue weighted by molar-refractivity contribution is 7.92. The second-order valence-electron chi connectivity index (χ2n) is 4.07. The second-order valence-corrected chi connectivity index (χ2v) is 6.11. The van der Waals surface area contributed by atoms with Gasteiger partial charge < -0.3 is 10.1 Å². The molecule has 0 fully saturated rings. The van der Waals surface area contributed by atoms with E-state index in [1.54, 1.807) is 6.92 Å². The van der Waals surface area contributed by atoms with Gasteiger partial charge in [0, 0.05) is 12.3 Å². The van der Waals surface area contributed by atoms with Crippen LogP contribution < -0.4 is 4.72 Å². The molecule has 0 saturated heterocycles. The molecule has 0 saturated carbocycles. The summed E-state index contributed by atoms with van der Waals surface area (Å²) >= 11 is 5.81. The summed E-state index contributed by atoms with van der Waals surface area (Å²) in [6, 6.07) is 3.61. The number of nitro groups is 1. The standard InChI is InChI=1S/C11H9ClN4O4S/c1-7-4-9(11(12)14-5-7)15-21(19,20)8-2-3-10(13-6-8)16(17)18/h2-6,15H,1H3. The molecule has 10 heteroatoms. The summed E-state index contributed by atoms with van der Waals surface area (Å²) in [5, 5.41) is 10.5. The van der Waals surface area contributed by atoms with E-state index in [1.165, 1.54) is 12.3 Å². The SMILES string of the molecule is Cc1cnc(Cl)c(NS(=O)(=O)c2ccc([N+](=O)[O-])nc2)c1. The number of nitrogens with one attached hydrogen (secondary N) is 1. The Balaban J connectivity index is 2.34. The number of hydrogen-bond donors (Lipinski definition) is 1. The molecule has 2 aromatic heterocycles. The van der Waals surface area contributed by atoms with Crippen LogP contribution in [-0.2, 0) is 10.0 Å². The number of nitrogens with zero attached hydrogens (tertiary/aromatic N) is 3. The highest BCUT2D eigenvalue weighted by Gasteiger charge is 2.19. The van der Waals surface area contributed by atoms with Gasteiger partial charge in [0.25, 0.3) is 10.0 Å². The first-order chi connectivity index (χ1) is 9.79. The molecule has 0 atom stereocenters. The summed E-state index contributed by atoms with van der Waals surface area (Å²) in [6.07, 6.45) is 2.39. The molecule has 1 N–H and O–H groups in total. The van der Waals surface area contributed by atoms with Crippen molar-refractivity contribution >= 4 is 33.1 Å². The minimum atomic E-state index is -3.95. The predicted octanol–water partition coefficient (Wildman–Crippen LogP) is 2.15. The van der Waals surface area contributed by atoms with Crippen LogP contribution in [0.1, 0.15) is 5.56 Å². The summed E-state index contributed by atoms with van der Waals surface area (Å²) in [6.45, 7) is 1.73. The summed E-state index contributed by atoms with van der Waals surface area (Å²) in [5.74, 6) is -0.441. The van der Waals surface area contributed by atoms with Crippen molar-refractivity contribution in [3.05, 3.63) is 51.4 Å². The number of rotatable bonds is 4. The third-order valence-electron chi connectivity index (χ3n) is 2.44. The van der Waals surface area contributed by atoms with Gasteiger partial charge in [0.15, 0.2) is 11.3 Å². The van der Waals surface area contributed by atoms with Gasteiger partial charge in [-0.2, -0.15) is 0 Å². The van der Waals surface area contributed by atoms with Crippen molar-refractivity contribution in [2.75, 3.05) is 4.72 Å². The maximum atomic E-state index is 12.1. The number of sulfonamides is 1. The fourth-order valence-corrected chi connectivity index (χ4v) is 2.68. The van der Waals surface area contributed by atoms with Crippen molar-refractivity contribution in [2.45, 2.75) is 11.8 Å². The average Bonchev–Trinajstić information content (AvgIpc) is 2.43. The van der Waals surface area contributed by atoms with Crippen molar-refractivity contribution in [1.29, 1.82) is 0 Å². The van der Waals surface area contributed by atoms with E-state index >= 15 is 0 Å². The van der Waals surface area contributed by atoms with Crippen LogP contribution in [0.4, 0.5) is 11.5 Å². The Labute approximate surface area is 125 Å². The van der Waals surface area contributed by atoms with Crippen LogP contribution in [0.5, 0.6) is 0 Å². The van der Waals surface area contributed by atoms with Crippen LogP contribution in [0.3, 0.4) is 0 Å². The van der Waals surface area contributed by atoms with E-state index in [9.17, 15) is 18.5 Å². The molecule has 8 nitrogen and oxygen atoms in total. The molecule has 2 heterocycles. The highest BCUT2D eigenvalue weighted by atomic mass is 35.5. The van der Waals surface area contributed by atoms with Crippen LogP contribution in [-0.4, -0.2) is 23.3 Å². The normalized spacial score (nSPS) is 11.1. The van der Waals surface area contributed by atoms with Crippen LogP contribution >= 0.6 is 11.6 Å². The van der Waals surface area contributed by atoms with Gasteiger partial charge in [0.2, 0.25) is 0 Å². The van der Waals surface area contributed by atoms with Crippen LogP contribution in [0.15, 0.2) is 35.5 Å². The number of aromatic nitrogens is 2. The first kappa shape index (κ1) is 15.1. The van der Waals surface area contributed by atoms with Crippen LogP contribution in [0.25, 0.3) is 0 Å². The third kappa shape index (κ3) is 3.44. The van der Waals surface area contributed by atoms with Crippen LogP contribution in [0, 0.1) is 17.0 Å². The zero-order chi connectivity index (χ0) is 15.6. The zero-order valence-electron chi connectivity index (χ0n) is 10.6. The zero-order valence-corrected chi connectivity index (χ0v) is 12.2. The number of halogens is 1. The maximum absolute atomic E-state index is 12.1. The Morgan fingerprint density at radius 1 is 1.29 bits per heavy atom. The highest BCUT2D eigenvalue weighted by Crippen LogP contribution is 2.23. The number of anilines is 1. The van der Waals surface area contributed by atoms with E-state index in [0.29, 0.717) is 0 Å². The Morgan fingerprint density at radius 3 is 2.57 bits per heavy atom. The van der Waals surface area contributed by atoms with E-state index in [0.717, 1.165) is 23.9 Å². The van der Waals surface area contributed by atoms with Crippen molar-refractivity contribution in [1.82, 2.24) is 9.97 Å². The molecule has 0 unspecified atom stereocenters. The molecule has 0 aliphatic heterocycles. The summed E-state index contributed by atoms with van der Waals surface area (Å²) in [4.78, 5) is 16.8. The lowest BCUT2D eigenvalue weighted by molar-refractivity contribution is -0.389. The van der Waals surface area contributed by atoms with E-state index < -0.39 is 20.8 Å². The minimum Gasteiger partial charge on any atom is -0.358 e. The topological polar surface area (TPSA) is 115 Å². The molecule has 0 spiro atoms. The van der Waals surface area contributed by atoms with Crippen molar-refractivity contribution < 1.29 is 13.3 Å². The molecule has 0 bridgehead atoms. The quantitative estimate of drug-likeness (QED) is 0.522. The lowest BCUT2D eigenvalue weighted by atomic mass is 10.3. The molecule has 21 heavy (non-hydrogen) atoms. The number of aryl methyl sites for hydroxylation is 1. The van der Waals surface area contributed by atoms with Gasteiger partial charge in [0.1, 0.15) is 4.90 Å². The van der Waals surface area contributed by atoms with Gasteiger partial charge >= 0.3 is 5.82 Å². The Hall–Kier alpha value is -2.26. The van der Waals surface area contributed by atoms with Gasteiger partial charge in [-0.15, -0.1) is 0 Å². The Bertz CT molecular complexity index is 792.